The first-order valence-corrected chi connectivity index (χ1v) is 9.50. The minimum absolute atomic E-state index is 0.0474. The van der Waals surface area contributed by atoms with E-state index in [1.807, 2.05) is 6.92 Å². The van der Waals surface area contributed by atoms with Crippen LogP contribution in [0.1, 0.15) is 33.6 Å². The van der Waals surface area contributed by atoms with Crippen molar-refractivity contribution in [3.05, 3.63) is 36.1 Å². The Morgan fingerprint density at radius 1 is 1.32 bits per heavy atom. The molecule has 0 spiro atoms. The van der Waals surface area contributed by atoms with Crippen LogP contribution in [0.4, 0.5) is 5.69 Å². The van der Waals surface area contributed by atoms with Gasteiger partial charge in [0, 0.05) is 42.3 Å². The second-order valence-electron chi connectivity index (χ2n) is 6.45. The minimum atomic E-state index is -3.03. The molecule has 2 atom stereocenters. The van der Waals surface area contributed by atoms with Crippen LogP contribution in [0.25, 0.3) is 10.8 Å². The molecule has 118 valence electrons. The number of nitrogens with zero attached hydrogens (tertiary/aromatic N) is 2. The maximum Gasteiger partial charge on any atom is 0.154 e. The molecule has 0 N–H and O–H groups in total. The summed E-state index contributed by atoms with van der Waals surface area (Å²) < 4.78 is 31.4. The van der Waals surface area contributed by atoms with Gasteiger partial charge in [-0.25, -0.2) is 8.42 Å². The normalized spacial score (nSPS) is 22.8. The molecule has 5 heteroatoms. The Morgan fingerprint density at radius 3 is 2.64 bits per heavy atom. The van der Waals surface area contributed by atoms with Gasteiger partial charge >= 0.3 is 0 Å². The molecule has 2 heterocycles. The summed E-state index contributed by atoms with van der Waals surface area (Å²) in [5.41, 5.74) is 2.19. The SMILES string of the molecule is [2H]c1cc2c(C(C)C)ccc(N3C[C@H](S(C)(=O)=O)[C@H]3C)c2cn1. The average molecular weight is 319 g/mol. The molecule has 1 saturated heterocycles. The molecule has 2 aromatic rings. The van der Waals surface area contributed by atoms with Crippen LogP contribution >= 0.6 is 0 Å². The Labute approximate surface area is 133 Å². The van der Waals surface area contributed by atoms with E-state index in [0.717, 1.165) is 16.5 Å². The number of fused-ring (bicyclic) bond motifs is 1. The Morgan fingerprint density at radius 2 is 2.05 bits per heavy atom. The third-order valence-corrected chi connectivity index (χ3v) is 6.31. The molecule has 0 unspecified atom stereocenters. The van der Waals surface area contributed by atoms with Crippen LogP contribution in [0.15, 0.2) is 30.6 Å². The average Bonchev–Trinajstić information content (AvgIpc) is 2.43. The van der Waals surface area contributed by atoms with Crippen molar-refractivity contribution < 1.29 is 9.79 Å². The Balaban J connectivity index is 2.09. The highest BCUT2D eigenvalue weighted by Gasteiger charge is 2.42. The van der Waals surface area contributed by atoms with Crippen LogP contribution in [0, 0.1) is 0 Å². The molecule has 0 radical (unpaired) electrons. The second kappa shape index (κ2) is 5.23. The third kappa shape index (κ3) is 2.37. The number of rotatable bonds is 3. The predicted molar refractivity (Wildman–Crippen MR) is 91.3 cm³/mol. The van der Waals surface area contributed by atoms with E-state index >= 15 is 0 Å². The fourth-order valence-corrected chi connectivity index (χ4v) is 4.58. The van der Waals surface area contributed by atoms with Gasteiger partial charge in [0.2, 0.25) is 0 Å². The summed E-state index contributed by atoms with van der Waals surface area (Å²) in [5, 5.41) is 1.71. The third-order valence-electron chi connectivity index (χ3n) is 4.66. The van der Waals surface area contributed by atoms with Gasteiger partial charge in [-0.2, -0.15) is 0 Å². The first-order chi connectivity index (χ1) is 10.7. The lowest BCUT2D eigenvalue weighted by atomic mass is 9.94. The van der Waals surface area contributed by atoms with Crippen molar-refractivity contribution in [2.45, 2.75) is 38.0 Å². The molecule has 0 bridgehead atoms. The van der Waals surface area contributed by atoms with Crippen molar-refractivity contribution in [1.82, 2.24) is 4.98 Å². The van der Waals surface area contributed by atoms with E-state index in [2.05, 4.69) is 35.9 Å². The van der Waals surface area contributed by atoms with Crippen LogP contribution in [0.3, 0.4) is 0 Å². The summed E-state index contributed by atoms with van der Waals surface area (Å²) in [6, 6.07) is 5.89. The lowest BCUT2D eigenvalue weighted by molar-refractivity contribution is 0.465. The number of pyridine rings is 1. The Kier molecular flexibility index (Phi) is 3.33. The van der Waals surface area contributed by atoms with Gasteiger partial charge < -0.3 is 4.90 Å². The summed E-state index contributed by atoms with van der Waals surface area (Å²) in [6.45, 7) is 6.72. The quantitative estimate of drug-likeness (QED) is 0.873. The van der Waals surface area contributed by atoms with Crippen LogP contribution in [-0.2, 0) is 9.84 Å². The van der Waals surface area contributed by atoms with Crippen LogP contribution in [-0.4, -0.2) is 37.5 Å². The van der Waals surface area contributed by atoms with Gasteiger partial charge in [0.25, 0.3) is 0 Å². The van der Waals surface area contributed by atoms with Crippen molar-refractivity contribution in [1.29, 1.82) is 0 Å². The number of hydrogen-bond donors (Lipinski definition) is 0. The van der Waals surface area contributed by atoms with Gasteiger partial charge in [0.05, 0.1) is 6.62 Å². The lowest BCUT2D eigenvalue weighted by Crippen LogP contribution is -2.61. The number of benzene rings is 1. The minimum Gasteiger partial charge on any atom is -0.366 e. The topological polar surface area (TPSA) is 50.3 Å². The van der Waals surface area contributed by atoms with Gasteiger partial charge in [-0.3, -0.25) is 4.98 Å². The summed E-state index contributed by atoms with van der Waals surface area (Å²) in [6.07, 6.45) is 3.29. The number of hydrogen-bond acceptors (Lipinski definition) is 4. The molecule has 0 amide bonds. The Bertz CT molecular complexity index is 864. The van der Waals surface area contributed by atoms with Gasteiger partial charge in [0.15, 0.2) is 9.84 Å². The maximum atomic E-state index is 11.8. The van der Waals surface area contributed by atoms with E-state index in [9.17, 15) is 8.42 Å². The highest BCUT2D eigenvalue weighted by atomic mass is 32.2. The molecular formula is C17H22N2O2S. The molecule has 1 aliphatic heterocycles. The van der Waals surface area contributed by atoms with E-state index in [1.165, 1.54) is 11.8 Å². The molecule has 1 aromatic carbocycles. The van der Waals surface area contributed by atoms with E-state index in [0.29, 0.717) is 12.5 Å². The molecule has 1 fully saturated rings. The summed E-state index contributed by atoms with van der Waals surface area (Å²) >= 11 is 0. The number of aromatic nitrogens is 1. The summed E-state index contributed by atoms with van der Waals surface area (Å²) in [5.74, 6) is 0.353. The monoisotopic (exact) mass is 319 g/mol. The Hall–Kier alpha value is -1.62. The largest absolute Gasteiger partial charge is 0.366 e. The van der Waals surface area contributed by atoms with Crippen LogP contribution in [0.2, 0.25) is 0 Å². The molecule has 3 rings (SSSR count). The zero-order chi connectivity index (χ0) is 16.9. The first kappa shape index (κ1) is 14.0. The first-order valence-electron chi connectivity index (χ1n) is 8.05. The van der Waals surface area contributed by atoms with Gasteiger partial charge in [-0.05, 0) is 35.9 Å². The van der Waals surface area contributed by atoms with Gasteiger partial charge in [-0.15, -0.1) is 0 Å². The molecule has 1 aromatic heterocycles. The van der Waals surface area contributed by atoms with Crippen LogP contribution < -0.4 is 4.90 Å². The van der Waals surface area contributed by atoms with Crippen molar-refractivity contribution in [3.63, 3.8) is 0 Å². The molecule has 4 nitrogen and oxygen atoms in total. The lowest BCUT2D eigenvalue weighted by Gasteiger charge is -2.47. The summed E-state index contributed by atoms with van der Waals surface area (Å²) in [4.78, 5) is 6.24. The van der Waals surface area contributed by atoms with E-state index in [-0.39, 0.29) is 17.5 Å². The van der Waals surface area contributed by atoms with Crippen molar-refractivity contribution >= 4 is 26.3 Å². The number of anilines is 1. The second-order valence-corrected chi connectivity index (χ2v) is 8.71. The molecule has 22 heavy (non-hydrogen) atoms. The van der Waals surface area contributed by atoms with Gasteiger partial charge in [0.1, 0.15) is 0 Å². The highest BCUT2D eigenvalue weighted by Crippen LogP contribution is 2.37. The fourth-order valence-electron chi connectivity index (χ4n) is 3.28. The standard InChI is InChI=1S/C17H22N2O2S/c1-11(2)13-5-6-16(15-9-18-8-7-14(13)15)19-10-17(12(19)3)22(4,20)21/h5-9,11-12,17H,10H2,1-4H3/t12-,17+/m1/s1/i8D. The summed E-state index contributed by atoms with van der Waals surface area (Å²) in [7, 11) is -3.03. The molecule has 1 aliphatic rings. The predicted octanol–water partition coefficient (Wildman–Crippen LogP) is 2.98. The molecule has 0 saturated carbocycles. The van der Waals surface area contributed by atoms with Crippen molar-refractivity contribution in [2.75, 3.05) is 17.7 Å². The zero-order valence-electron chi connectivity index (χ0n) is 14.4. The van der Waals surface area contributed by atoms with Gasteiger partial charge in [-0.1, -0.05) is 19.9 Å². The van der Waals surface area contributed by atoms with E-state index < -0.39 is 9.84 Å². The highest BCUT2D eigenvalue weighted by molar-refractivity contribution is 7.91. The molecular weight excluding hydrogens is 296 g/mol. The van der Waals surface area contributed by atoms with E-state index in [4.69, 9.17) is 1.37 Å². The van der Waals surface area contributed by atoms with Crippen LogP contribution in [0.5, 0.6) is 0 Å². The van der Waals surface area contributed by atoms with Crippen molar-refractivity contribution in [2.24, 2.45) is 0 Å². The molecule has 0 aliphatic carbocycles. The maximum absolute atomic E-state index is 11.8. The van der Waals surface area contributed by atoms with Crippen molar-refractivity contribution in [3.8, 4) is 0 Å². The zero-order valence-corrected chi connectivity index (χ0v) is 14.2. The fraction of sp³-hybridized carbons (Fsp3) is 0.471. The smallest absolute Gasteiger partial charge is 0.154 e. The number of sulfone groups is 1. The van der Waals surface area contributed by atoms with E-state index in [1.54, 1.807) is 12.3 Å².